The Balaban J connectivity index is 1.92. The van der Waals surface area contributed by atoms with E-state index in [2.05, 4.69) is 15.0 Å². The number of imidazole rings is 1. The third kappa shape index (κ3) is 3.59. The number of aliphatic imine (C=N–C) groups is 1. The van der Waals surface area contributed by atoms with Crippen LogP contribution in [-0.2, 0) is 13.2 Å². The van der Waals surface area contributed by atoms with Crippen molar-refractivity contribution in [2.24, 2.45) is 18.0 Å². The maximum Gasteiger partial charge on any atom is 0.433 e. The van der Waals surface area contributed by atoms with Crippen LogP contribution in [0.2, 0.25) is 0 Å². The maximum atomic E-state index is 13.2. The molecule has 3 aromatic rings. The number of hydrogen-bond donors (Lipinski definition) is 0. The molecule has 0 saturated heterocycles. The number of aromatic nitrogens is 4. The monoisotopic (exact) mass is 401 g/mol. The number of hydrogen-bond acceptors (Lipinski definition) is 4. The van der Waals surface area contributed by atoms with E-state index in [9.17, 15) is 18.0 Å². The van der Waals surface area contributed by atoms with Crippen molar-refractivity contribution >= 4 is 34.0 Å². The standard InChI is InChI=1S/C20H18F3N5O/c1-12(4-3-9-24-10-13-5-6-13)28-18-14(7-8-15(26-18)20(21,22)23)17-16(19(28)29)25-11-27(17)2/h3-4,7-11,13H,5-6H2,1-2H3/b9-3-,12-4+,24-10+. The van der Waals surface area contributed by atoms with Crippen LogP contribution in [-0.4, -0.2) is 25.3 Å². The fourth-order valence-corrected chi connectivity index (χ4v) is 3.12. The molecule has 0 aliphatic heterocycles. The summed E-state index contributed by atoms with van der Waals surface area (Å²) >= 11 is 0. The van der Waals surface area contributed by atoms with Crippen LogP contribution in [0.15, 0.2) is 46.6 Å². The molecule has 4 rings (SSSR count). The fourth-order valence-electron chi connectivity index (χ4n) is 3.12. The number of pyridine rings is 2. The number of aryl methyl sites for hydroxylation is 1. The Morgan fingerprint density at radius 1 is 1.31 bits per heavy atom. The molecule has 0 radical (unpaired) electrons. The van der Waals surface area contributed by atoms with Gasteiger partial charge in [0, 0.05) is 30.5 Å². The second-order valence-corrected chi connectivity index (χ2v) is 7.04. The third-order valence-electron chi connectivity index (χ3n) is 4.76. The first-order chi connectivity index (χ1) is 13.8. The molecule has 0 spiro atoms. The number of rotatable bonds is 4. The lowest BCUT2D eigenvalue weighted by Crippen LogP contribution is -2.21. The lowest BCUT2D eigenvalue weighted by Gasteiger charge is -2.13. The van der Waals surface area contributed by atoms with Gasteiger partial charge in [-0.3, -0.25) is 14.4 Å². The average molecular weight is 401 g/mol. The highest BCUT2D eigenvalue weighted by Crippen LogP contribution is 2.31. The highest BCUT2D eigenvalue weighted by Gasteiger charge is 2.33. The Hall–Kier alpha value is -3.23. The van der Waals surface area contributed by atoms with Gasteiger partial charge in [-0.05, 0) is 50.0 Å². The average Bonchev–Trinajstić information content (AvgIpc) is 3.40. The van der Waals surface area contributed by atoms with Gasteiger partial charge < -0.3 is 4.57 Å². The summed E-state index contributed by atoms with van der Waals surface area (Å²) in [5.74, 6) is 0.535. The summed E-state index contributed by atoms with van der Waals surface area (Å²) in [5.41, 5.74) is -0.618. The molecule has 0 atom stereocenters. The van der Waals surface area contributed by atoms with Crippen molar-refractivity contribution in [1.82, 2.24) is 19.1 Å². The smallest absolute Gasteiger partial charge is 0.333 e. The van der Waals surface area contributed by atoms with Gasteiger partial charge in [0.05, 0.1) is 11.8 Å². The number of allylic oxidation sites excluding steroid dienone is 3. The van der Waals surface area contributed by atoms with Crippen molar-refractivity contribution in [2.75, 3.05) is 0 Å². The first kappa shape index (κ1) is 19.1. The van der Waals surface area contributed by atoms with Gasteiger partial charge >= 0.3 is 6.18 Å². The van der Waals surface area contributed by atoms with Crippen LogP contribution < -0.4 is 5.56 Å². The number of halogens is 3. The number of alkyl halides is 3. The minimum atomic E-state index is -4.62. The molecular formula is C20H18F3N5O. The Bertz CT molecular complexity index is 1240. The molecule has 0 N–H and O–H groups in total. The van der Waals surface area contributed by atoms with E-state index in [1.165, 1.54) is 12.4 Å². The van der Waals surface area contributed by atoms with Crippen LogP contribution in [0.3, 0.4) is 0 Å². The van der Waals surface area contributed by atoms with Gasteiger partial charge in [0.15, 0.2) is 5.52 Å². The molecule has 3 heterocycles. The molecule has 6 nitrogen and oxygen atoms in total. The quantitative estimate of drug-likeness (QED) is 0.487. The summed E-state index contributed by atoms with van der Waals surface area (Å²) in [6.45, 7) is 1.63. The first-order valence-corrected chi connectivity index (χ1v) is 9.08. The molecule has 0 aromatic carbocycles. The molecule has 1 fully saturated rings. The lowest BCUT2D eigenvalue weighted by molar-refractivity contribution is -0.141. The topological polar surface area (TPSA) is 65.1 Å². The van der Waals surface area contributed by atoms with Crippen LogP contribution in [0.25, 0.3) is 27.8 Å². The molecular weight excluding hydrogens is 383 g/mol. The minimum absolute atomic E-state index is 0.0652. The lowest BCUT2D eigenvalue weighted by atomic mass is 10.2. The van der Waals surface area contributed by atoms with Crippen molar-refractivity contribution in [3.8, 4) is 0 Å². The Morgan fingerprint density at radius 2 is 2.07 bits per heavy atom. The van der Waals surface area contributed by atoms with Gasteiger partial charge in [0.2, 0.25) is 0 Å². The van der Waals surface area contributed by atoms with Gasteiger partial charge in [0.25, 0.3) is 5.56 Å². The van der Waals surface area contributed by atoms with Crippen LogP contribution in [0.4, 0.5) is 13.2 Å². The van der Waals surface area contributed by atoms with Gasteiger partial charge in [-0.15, -0.1) is 0 Å². The molecule has 1 aliphatic carbocycles. The molecule has 1 aliphatic rings. The molecule has 0 unspecified atom stereocenters. The van der Waals surface area contributed by atoms with E-state index in [0.29, 0.717) is 22.5 Å². The van der Waals surface area contributed by atoms with E-state index in [1.807, 2.05) is 6.21 Å². The van der Waals surface area contributed by atoms with Crippen molar-refractivity contribution in [3.05, 3.63) is 52.9 Å². The van der Waals surface area contributed by atoms with E-state index in [0.717, 1.165) is 23.5 Å². The molecule has 0 bridgehead atoms. The van der Waals surface area contributed by atoms with Crippen LogP contribution in [0.1, 0.15) is 25.5 Å². The number of fused-ring (bicyclic) bond motifs is 3. The predicted molar refractivity (Wildman–Crippen MR) is 106 cm³/mol. The second-order valence-electron chi connectivity index (χ2n) is 7.04. The van der Waals surface area contributed by atoms with Crippen LogP contribution in [0, 0.1) is 5.92 Å². The summed E-state index contributed by atoms with van der Waals surface area (Å²) in [5, 5.41) is 0.413. The summed E-state index contributed by atoms with van der Waals surface area (Å²) < 4.78 is 42.5. The summed E-state index contributed by atoms with van der Waals surface area (Å²) in [6.07, 6.45) is 5.83. The third-order valence-corrected chi connectivity index (χ3v) is 4.76. The van der Waals surface area contributed by atoms with Gasteiger partial charge in [-0.2, -0.15) is 13.2 Å². The molecule has 1 saturated carbocycles. The normalized spacial score (nSPS) is 16.1. The molecule has 3 aromatic heterocycles. The Labute approximate surface area is 163 Å². The van der Waals surface area contributed by atoms with Crippen LogP contribution >= 0.6 is 0 Å². The van der Waals surface area contributed by atoms with Gasteiger partial charge in [-0.25, -0.2) is 9.97 Å². The summed E-state index contributed by atoms with van der Waals surface area (Å²) in [7, 11) is 1.68. The summed E-state index contributed by atoms with van der Waals surface area (Å²) in [6, 6.07) is 2.24. The highest BCUT2D eigenvalue weighted by molar-refractivity contribution is 6.02. The zero-order valence-electron chi connectivity index (χ0n) is 15.8. The highest BCUT2D eigenvalue weighted by atomic mass is 19.4. The maximum absolute atomic E-state index is 13.2. The van der Waals surface area contributed by atoms with Crippen molar-refractivity contribution in [1.29, 1.82) is 0 Å². The Morgan fingerprint density at radius 3 is 2.76 bits per heavy atom. The fraction of sp³-hybridized carbons (Fsp3) is 0.300. The zero-order chi connectivity index (χ0) is 20.8. The van der Waals surface area contributed by atoms with E-state index >= 15 is 0 Å². The van der Waals surface area contributed by atoms with E-state index in [4.69, 9.17) is 0 Å². The second kappa shape index (κ2) is 6.98. The largest absolute Gasteiger partial charge is 0.433 e. The first-order valence-electron chi connectivity index (χ1n) is 9.08. The van der Waals surface area contributed by atoms with Crippen molar-refractivity contribution in [2.45, 2.75) is 25.9 Å². The van der Waals surface area contributed by atoms with E-state index in [-0.39, 0.29) is 11.2 Å². The van der Waals surface area contributed by atoms with Crippen LogP contribution in [0.5, 0.6) is 0 Å². The predicted octanol–water partition coefficient (Wildman–Crippen LogP) is 4.16. The zero-order valence-corrected chi connectivity index (χ0v) is 15.8. The number of nitrogens with zero attached hydrogens (tertiary/aromatic N) is 5. The van der Waals surface area contributed by atoms with Gasteiger partial charge in [-0.1, -0.05) is 0 Å². The molecule has 150 valence electrons. The Kier molecular flexibility index (Phi) is 4.60. The molecule has 9 heteroatoms. The SMILES string of the molecule is C\C(=C/C=C\N=C\C1CC1)n1c(=O)c2ncn(C)c2c2ccc(C(F)(F)F)nc21. The van der Waals surface area contributed by atoms with Gasteiger partial charge in [0.1, 0.15) is 11.3 Å². The minimum Gasteiger partial charge on any atom is -0.333 e. The van der Waals surface area contributed by atoms with Crippen molar-refractivity contribution in [3.63, 3.8) is 0 Å². The summed E-state index contributed by atoms with van der Waals surface area (Å²) in [4.78, 5) is 25.1. The van der Waals surface area contributed by atoms with E-state index in [1.54, 1.807) is 36.9 Å². The molecule has 0 amide bonds. The van der Waals surface area contributed by atoms with E-state index < -0.39 is 17.4 Å². The molecule has 29 heavy (non-hydrogen) atoms. The van der Waals surface area contributed by atoms with Crippen molar-refractivity contribution < 1.29 is 13.2 Å².